The molecule has 0 spiro atoms. The maximum absolute atomic E-state index is 12.3. The first-order valence-electron chi connectivity index (χ1n) is 9.89. The van der Waals surface area contributed by atoms with Gasteiger partial charge in [-0.25, -0.2) is 4.79 Å². The molecule has 0 bridgehead atoms. The van der Waals surface area contributed by atoms with Crippen LogP contribution in [0.5, 0.6) is 17.2 Å². The number of amides is 1. The summed E-state index contributed by atoms with van der Waals surface area (Å²) in [6.45, 7) is 9.32. The maximum atomic E-state index is 12.3. The van der Waals surface area contributed by atoms with Crippen LogP contribution in [0, 0.1) is 32.1 Å². The number of ether oxygens (including phenoxy) is 3. The van der Waals surface area contributed by atoms with E-state index in [4.69, 9.17) is 14.2 Å². The highest BCUT2D eigenvalue weighted by molar-refractivity contribution is 6.01. The van der Waals surface area contributed by atoms with E-state index in [-0.39, 0.29) is 30.2 Å². The zero-order valence-corrected chi connectivity index (χ0v) is 18.7. The van der Waals surface area contributed by atoms with E-state index in [9.17, 15) is 14.9 Å². The van der Waals surface area contributed by atoms with Crippen molar-refractivity contribution in [3.8, 4) is 23.3 Å². The normalized spacial score (nSPS) is 10.7. The average molecular weight is 434 g/mol. The van der Waals surface area contributed by atoms with Crippen molar-refractivity contribution in [3.63, 3.8) is 0 Å². The summed E-state index contributed by atoms with van der Waals surface area (Å²) in [6.07, 6.45) is 2.93. The van der Waals surface area contributed by atoms with Gasteiger partial charge in [0.05, 0.1) is 7.11 Å². The van der Waals surface area contributed by atoms with Crippen LogP contribution in [-0.2, 0) is 9.59 Å². The molecule has 0 atom stereocenters. The van der Waals surface area contributed by atoms with Crippen molar-refractivity contribution in [2.75, 3.05) is 20.3 Å². The first-order valence-corrected chi connectivity index (χ1v) is 9.89. The van der Waals surface area contributed by atoms with Gasteiger partial charge in [0.1, 0.15) is 17.4 Å². The zero-order chi connectivity index (χ0) is 23.7. The number of carbonyl (C=O) groups is 2. The highest BCUT2D eigenvalue weighted by Gasteiger charge is 2.14. The standard InChI is InChI=1S/C25H26N2O5/c1-6-11-27-25(29)20(14-26)12-19-9-10-21(22(13-19)30-5)32-23(28)15-31-24-17(3)8-7-16(2)18(24)4/h6-10,12-13H,1,11,15H2,2-5H3,(H,27,29). The molecule has 0 fully saturated rings. The lowest BCUT2D eigenvalue weighted by molar-refractivity contribution is -0.136. The molecule has 0 aliphatic carbocycles. The van der Waals surface area contributed by atoms with Gasteiger partial charge in [-0.1, -0.05) is 24.3 Å². The van der Waals surface area contributed by atoms with Crippen molar-refractivity contribution in [1.29, 1.82) is 5.26 Å². The number of nitrogens with zero attached hydrogens (tertiary/aromatic N) is 1. The molecule has 2 aromatic rings. The molecule has 1 amide bonds. The molecule has 1 N–H and O–H groups in total. The van der Waals surface area contributed by atoms with E-state index in [1.165, 1.54) is 25.3 Å². The van der Waals surface area contributed by atoms with Crippen LogP contribution in [0.2, 0.25) is 0 Å². The largest absolute Gasteiger partial charge is 0.493 e. The highest BCUT2D eigenvalue weighted by Crippen LogP contribution is 2.30. The minimum absolute atomic E-state index is 0.0732. The third kappa shape index (κ3) is 6.22. The Labute approximate surface area is 187 Å². The fraction of sp³-hybridized carbons (Fsp3) is 0.240. The maximum Gasteiger partial charge on any atom is 0.349 e. The summed E-state index contributed by atoms with van der Waals surface area (Å²) in [4.78, 5) is 24.3. The van der Waals surface area contributed by atoms with Gasteiger partial charge in [0.2, 0.25) is 0 Å². The molecular weight excluding hydrogens is 408 g/mol. The quantitative estimate of drug-likeness (QED) is 0.212. The summed E-state index contributed by atoms with van der Waals surface area (Å²) in [6, 6.07) is 10.5. The Morgan fingerprint density at radius 1 is 1.12 bits per heavy atom. The van der Waals surface area contributed by atoms with E-state index in [1.807, 2.05) is 39.0 Å². The van der Waals surface area contributed by atoms with E-state index in [2.05, 4.69) is 11.9 Å². The van der Waals surface area contributed by atoms with Crippen LogP contribution in [0.15, 0.2) is 48.6 Å². The monoisotopic (exact) mass is 434 g/mol. The van der Waals surface area contributed by atoms with Gasteiger partial charge in [-0.2, -0.15) is 5.26 Å². The molecule has 0 saturated heterocycles. The predicted molar refractivity (Wildman–Crippen MR) is 122 cm³/mol. The Kier molecular flexibility index (Phi) is 8.61. The van der Waals surface area contributed by atoms with Crippen LogP contribution in [0.4, 0.5) is 0 Å². The van der Waals surface area contributed by atoms with Gasteiger partial charge in [-0.05, 0) is 61.2 Å². The second-order valence-electron chi connectivity index (χ2n) is 7.00. The van der Waals surface area contributed by atoms with E-state index in [0.29, 0.717) is 11.3 Å². The van der Waals surface area contributed by atoms with Gasteiger partial charge in [0.15, 0.2) is 18.1 Å². The van der Waals surface area contributed by atoms with Crippen LogP contribution in [-0.4, -0.2) is 32.1 Å². The van der Waals surface area contributed by atoms with Gasteiger partial charge >= 0.3 is 5.97 Å². The van der Waals surface area contributed by atoms with E-state index >= 15 is 0 Å². The fourth-order valence-electron chi connectivity index (χ4n) is 2.86. The number of nitriles is 1. The number of hydrogen-bond donors (Lipinski definition) is 1. The number of esters is 1. The Morgan fingerprint density at radius 2 is 1.84 bits per heavy atom. The Balaban J connectivity index is 2.13. The second kappa shape index (κ2) is 11.4. The molecule has 2 rings (SSSR count). The molecule has 2 aromatic carbocycles. The predicted octanol–water partition coefficient (Wildman–Crippen LogP) is 3.81. The molecule has 166 valence electrons. The number of methoxy groups -OCH3 is 1. The number of aryl methyl sites for hydroxylation is 2. The lowest BCUT2D eigenvalue weighted by Gasteiger charge is -2.14. The van der Waals surface area contributed by atoms with Crippen LogP contribution in [0.1, 0.15) is 22.3 Å². The molecule has 0 aliphatic rings. The summed E-state index contributed by atoms with van der Waals surface area (Å²) in [5, 5.41) is 11.8. The first kappa shape index (κ1) is 24.2. The van der Waals surface area contributed by atoms with E-state index in [1.54, 1.807) is 12.1 Å². The molecule has 0 saturated carbocycles. The van der Waals surface area contributed by atoms with Gasteiger partial charge in [0.25, 0.3) is 5.91 Å². The second-order valence-corrected chi connectivity index (χ2v) is 7.00. The van der Waals surface area contributed by atoms with E-state index < -0.39 is 11.9 Å². The van der Waals surface area contributed by atoms with Gasteiger partial charge in [0, 0.05) is 6.54 Å². The molecular formula is C25H26N2O5. The summed E-state index contributed by atoms with van der Waals surface area (Å²) < 4.78 is 16.4. The lowest BCUT2D eigenvalue weighted by atomic mass is 10.1. The zero-order valence-electron chi connectivity index (χ0n) is 18.7. The molecule has 7 heteroatoms. The third-order valence-corrected chi connectivity index (χ3v) is 4.70. The van der Waals surface area contributed by atoms with Crippen molar-refractivity contribution in [2.45, 2.75) is 20.8 Å². The summed E-state index contributed by atoms with van der Waals surface area (Å²) in [7, 11) is 1.43. The molecule has 0 radical (unpaired) electrons. The number of rotatable bonds is 9. The Hall–Kier alpha value is -4.05. The van der Waals surface area contributed by atoms with Crippen molar-refractivity contribution < 1.29 is 23.8 Å². The van der Waals surface area contributed by atoms with Crippen molar-refractivity contribution in [3.05, 3.63) is 70.8 Å². The lowest BCUT2D eigenvalue weighted by Crippen LogP contribution is -2.24. The topological polar surface area (TPSA) is 97.7 Å². The molecule has 7 nitrogen and oxygen atoms in total. The Morgan fingerprint density at radius 3 is 2.50 bits per heavy atom. The van der Waals surface area contributed by atoms with Crippen molar-refractivity contribution in [2.24, 2.45) is 0 Å². The SMILES string of the molecule is C=CCNC(=O)C(C#N)=Cc1ccc(OC(=O)COc2c(C)ccc(C)c2C)c(OC)c1. The van der Waals surface area contributed by atoms with Crippen LogP contribution < -0.4 is 19.5 Å². The fourth-order valence-corrected chi connectivity index (χ4v) is 2.86. The highest BCUT2D eigenvalue weighted by atomic mass is 16.6. The molecule has 0 unspecified atom stereocenters. The average Bonchev–Trinajstić information content (AvgIpc) is 2.79. The minimum atomic E-state index is -0.589. The number of benzene rings is 2. The molecule has 0 heterocycles. The minimum Gasteiger partial charge on any atom is -0.493 e. The van der Waals surface area contributed by atoms with Gasteiger partial charge in [-0.15, -0.1) is 6.58 Å². The number of nitrogens with one attached hydrogen (secondary N) is 1. The van der Waals surface area contributed by atoms with Gasteiger partial charge in [-0.3, -0.25) is 4.79 Å². The Bertz CT molecular complexity index is 1100. The molecule has 0 aromatic heterocycles. The number of carbonyl (C=O) groups excluding carboxylic acids is 2. The summed E-state index contributed by atoms with van der Waals surface area (Å²) in [5.41, 5.74) is 3.43. The third-order valence-electron chi connectivity index (χ3n) is 4.70. The van der Waals surface area contributed by atoms with Crippen molar-refractivity contribution >= 4 is 18.0 Å². The molecule has 32 heavy (non-hydrogen) atoms. The van der Waals surface area contributed by atoms with Crippen LogP contribution >= 0.6 is 0 Å². The number of hydrogen-bond acceptors (Lipinski definition) is 6. The molecule has 0 aliphatic heterocycles. The smallest absolute Gasteiger partial charge is 0.349 e. The summed E-state index contributed by atoms with van der Waals surface area (Å²) >= 11 is 0. The van der Waals surface area contributed by atoms with Gasteiger partial charge < -0.3 is 19.5 Å². The van der Waals surface area contributed by atoms with E-state index in [0.717, 1.165) is 16.7 Å². The summed E-state index contributed by atoms with van der Waals surface area (Å²) in [5.74, 6) is 0.0340. The van der Waals surface area contributed by atoms with Crippen molar-refractivity contribution in [1.82, 2.24) is 5.32 Å². The first-order chi connectivity index (χ1) is 15.3. The van der Waals surface area contributed by atoms with Crippen LogP contribution in [0.25, 0.3) is 6.08 Å². The van der Waals surface area contributed by atoms with Crippen LogP contribution in [0.3, 0.4) is 0 Å².